The molecule has 27 heavy (non-hydrogen) atoms. The highest BCUT2D eigenvalue weighted by Crippen LogP contribution is 2.33. The Balaban J connectivity index is 1.90. The molecule has 0 radical (unpaired) electrons. The number of H-pyrrole nitrogens is 1. The van der Waals surface area contributed by atoms with Gasteiger partial charge in [0.2, 0.25) is 5.91 Å². The predicted octanol–water partition coefficient (Wildman–Crippen LogP) is 4.98. The lowest BCUT2D eigenvalue weighted by molar-refractivity contribution is -0.118. The molecule has 1 aromatic heterocycles. The largest absolute Gasteiger partial charge is 0.355 e. The number of aryl methyl sites for hydroxylation is 2. The van der Waals surface area contributed by atoms with Gasteiger partial charge in [0.1, 0.15) is 0 Å². The van der Waals surface area contributed by atoms with E-state index in [1.165, 1.54) is 22.9 Å². The van der Waals surface area contributed by atoms with Crippen LogP contribution in [-0.4, -0.2) is 28.2 Å². The molecule has 4 nitrogen and oxygen atoms in total. The second-order valence-electron chi connectivity index (χ2n) is 6.64. The fourth-order valence-electron chi connectivity index (χ4n) is 2.72. The van der Waals surface area contributed by atoms with Gasteiger partial charge in [-0.1, -0.05) is 78.3 Å². The first-order chi connectivity index (χ1) is 13.1. The van der Waals surface area contributed by atoms with Gasteiger partial charge >= 0.3 is 0 Å². The Morgan fingerprint density at radius 1 is 1.00 bits per heavy atom. The number of hydrogen-bond donors (Lipinski definition) is 2. The minimum atomic E-state index is 0.0343. The number of aromatic nitrogens is 2. The Bertz CT molecular complexity index is 835. The van der Waals surface area contributed by atoms with E-state index in [0.29, 0.717) is 12.3 Å². The molecule has 0 saturated heterocycles. The molecular weight excluding hydrogens is 354 g/mol. The van der Waals surface area contributed by atoms with Crippen LogP contribution in [0.1, 0.15) is 24.5 Å². The van der Waals surface area contributed by atoms with Crippen molar-refractivity contribution in [2.24, 2.45) is 0 Å². The lowest BCUT2D eigenvalue weighted by Gasteiger charge is -2.04. The molecule has 1 heterocycles. The van der Waals surface area contributed by atoms with Crippen LogP contribution in [-0.2, 0) is 4.79 Å². The van der Waals surface area contributed by atoms with Gasteiger partial charge in [0.25, 0.3) is 0 Å². The maximum absolute atomic E-state index is 11.9. The maximum Gasteiger partial charge on any atom is 0.230 e. The molecule has 2 aromatic carbocycles. The monoisotopic (exact) mass is 379 g/mol. The van der Waals surface area contributed by atoms with E-state index in [2.05, 4.69) is 72.7 Å². The average molecular weight is 380 g/mol. The van der Waals surface area contributed by atoms with E-state index >= 15 is 0 Å². The molecule has 0 fully saturated rings. The van der Waals surface area contributed by atoms with Crippen LogP contribution in [0.25, 0.3) is 22.5 Å². The van der Waals surface area contributed by atoms with Crippen molar-refractivity contribution in [2.45, 2.75) is 32.3 Å². The molecule has 0 aliphatic rings. The smallest absolute Gasteiger partial charge is 0.230 e. The first-order valence-corrected chi connectivity index (χ1v) is 10.2. The summed E-state index contributed by atoms with van der Waals surface area (Å²) in [5, 5.41) is 3.66. The number of imidazole rings is 1. The van der Waals surface area contributed by atoms with Crippen molar-refractivity contribution in [1.82, 2.24) is 15.3 Å². The van der Waals surface area contributed by atoms with Gasteiger partial charge in [0.15, 0.2) is 5.16 Å². The molecule has 0 aliphatic carbocycles. The molecule has 3 rings (SSSR count). The minimum absolute atomic E-state index is 0.0343. The summed E-state index contributed by atoms with van der Waals surface area (Å²) in [5.41, 5.74) is 6.48. The molecule has 0 aliphatic heterocycles. The van der Waals surface area contributed by atoms with Crippen LogP contribution in [0.5, 0.6) is 0 Å². The van der Waals surface area contributed by atoms with Crippen LogP contribution >= 0.6 is 11.8 Å². The third-order valence-electron chi connectivity index (χ3n) is 4.26. The number of nitrogens with one attached hydrogen (secondary N) is 2. The minimum Gasteiger partial charge on any atom is -0.355 e. The van der Waals surface area contributed by atoms with Crippen LogP contribution in [0.2, 0.25) is 0 Å². The lowest BCUT2D eigenvalue weighted by Crippen LogP contribution is -2.25. The zero-order valence-electron chi connectivity index (χ0n) is 16.0. The average Bonchev–Trinajstić information content (AvgIpc) is 3.10. The molecule has 0 unspecified atom stereocenters. The molecule has 0 spiro atoms. The molecular formula is C22H25N3OS. The summed E-state index contributed by atoms with van der Waals surface area (Å²) in [5.74, 6) is 0.390. The van der Waals surface area contributed by atoms with E-state index in [4.69, 9.17) is 4.98 Å². The SMILES string of the molecule is CCCNC(=O)CSc1nc(-c2ccc(C)cc2)c(-c2ccc(C)cc2)[nH]1. The Labute approximate surface area is 164 Å². The summed E-state index contributed by atoms with van der Waals surface area (Å²) in [6.45, 7) is 6.90. The fraction of sp³-hybridized carbons (Fsp3) is 0.273. The first kappa shape index (κ1) is 19.2. The van der Waals surface area contributed by atoms with Crippen molar-refractivity contribution in [3.63, 3.8) is 0 Å². The number of rotatable bonds is 7. The molecule has 0 atom stereocenters. The van der Waals surface area contributed by atoms with Crippen LogP contribution in [0.4, 0.5) is 0 Å². The number of carbonyl (C=O) groups excluding carboxylic acids is 1. The highest BCUT2D eigenvalue weighted by atomic mass is 32.2. The summed E-state index contributed by atoms with van der Waals surface area (Å²) in [6, 6.07) is 16.8. The number of carbonyl (C=O) groups is 1. The van der Waals surface area contributed by atoms with Crippen molar-refractivity contribution in [3.05, 3.63) is 59.7 Å². The van der Waals surface area contributed by atoms with Crippen LogP contribution in [0.15, 0.2) is 53.7 Å². The van der Waals surface area contributed by atoms with Gasteiger partial charge < -0.3 is 10.3 Å². The zero-order valence-corrected chi connectivity index (χ0v) is 16.8. The van der Waals surface area contributed by atoms with Crippen LogP contribution in [0, 0.1) is 13.8 Å². The van der Waals surface area contributed by atoms with Crippen molar-refractivity contribution in [2.75, 3.05) is 12.3 Å². The number of thioether (sulfide) groups is 1. The number of aromatic amines is 1. The van der Waals surface area contributed by atoms with Gasteiger partial charge in [0, 0.05) is 17.7 Å². The summed E-state index contributed by atoms with van der Waals surface area (Å²) in [4.78, 5) is 20.1. The summed E-state index contributed by atoms with van der Waals surface area (Å²) >= 11 is 1.43. The van der Waals surface area contributed by atoms with E-state index in [1.54, 1.807) is 0 Å². The Hall–Kier alpha value is -2.53. The van der Waals surface area contributed by atoms with Gasteiger partial charge in [-0.05, 0) is 20.3 Å². The van der Waals surface area contributed by atoms with Crippen molar-refractivity contribution < 1.29 is 4.79 Å². The summed E-state index contributed by atoms with van der Waals surface area (Å²) in [6.07, 6.45) is 0.937. The van der Waals surface area contributed by atoms with Gasteiger partial charge in [0.05, 0.1) is 17.1 Å². The van der Waals surface area contributed by atoms with Crippen LogP contribution < -0.4 is 5.32 Å². The predicted molar refractivity (Wildman–Crippen MR) is 113 cm³/mol. The molecule has 140 valence electrons. The van der Waals surface area contributed by atoms with Gasteiger partial charge in [-0.2, -0.15) is 0 Å². The van der Waals surface area contributed by atoms with Crippen molar-refractivity contribution >= 4 is 17.7 Å². The molecule has 2 N–H and O–H groups in total. The Morgan fingerprint density at radius 3 is 2.19 bits per heavy atom. The zero-order chi connectivity index (χ0) is 19.2. The van der Waals surface area contributed by atoms with Crippen molar-refractivity contribution in [3.8, 4) is 22.5 Å². The first-order valence-electron chi connectivity index (χ1n) is 9.20. The molecule has 0 saturated carbocycles. The highest BCUT2D eigenvalue weighted by Gasteiger charge is 2.15. The molecule has 0 bridgehead atoms. The van der Waals surface area contributed by atoms with Gasteiger partial charge in [-0.3, -0.25) is 4.79 Å². The molecule has 1 amide bonds. The maximum atomic E-state index is 11.9. The van der Waals surface area contributed by atoms with Crippen molar-refractivity contribution in [1.29, 1.82) is 0 Å². The van der Waals surface area contributed by atoms with Gasteiger partial charge in [-0.25, -0.2) is 4.98 Å². The number of amides is 1. The highest BCUT2D eigenvalue weighted by molar-refractivity contribution is 7.99. The Morgan fingerprint density at radius 2 is 1.59 bits per heavy atom. The normalized spacial score (nSPS) is 10.8. The summed E-state index contributed by atoms with van der Waals surface area (Å²) in [7, 11) is 0. The summed E-state index contributed by atoms with van der Waals surface area (Å²) < 4.78 is 0. The standard InChI is InChI=1S/C22H25N3OS/c1-4-13-23-19(26)14-27-22-24-20(17-9-5-15(2)6-10-17)21(25-22)18-11-7-16(3)8-12-18/h5-12H,4,13-14H2,1-3H3,(H,23,26)(H,24,25). The fourth-order valence-corrected chi connectivity index (χ4v) is 3.42. The van der Waals surface area contributed by atoms with E-state index < -0.39 is 0 Å². The molecule has 3 aromatic rings. The second kappa shape index (κ2) is 8.91. The van der Waals surface area contributed by atoms with Crippen LogP contribution in [0.3, 0.4) is 0 Å². The van der Waals surface area contributed by atoms with E-state index in [1.807, 2.05) is 6.92 Å². The Kier molecular flexibility index (Phi) is 6.35. The van der Waals surface area contributed by atoms with E-state index in [0.717, 1.165) is 34.1 Å². The quantitative estimate of drug-likeness (QED) is 0.569. The number of benzene rings is 2. The van der Waals surface area contributed by atoms with Gasteiger partial charge in [-0.15, -0.1) is 0 Å². The number of nitrogens with zero attached hydrogens (tertiary/aromatic N) is 1. The second-order valence-corrected chi connectivity index (χ2v) is 7.60. The topological polar surface area (TPSA) is 57.8 Å². The van der Waals surface area contributed by atoms with E-state index in [9.17, 15) is 4.79 Å². The third-order valence-corrected chi connectivity index (χ3v) is 5.13. The number of hydrogen-bond acceptors (Lipinski definition) is 3. The molecule has 5 heteroatoms. The van der Waals surface area contributed by atoms with E-state index in [-0.39, 0.29) is 5.91 Å². The third kappa shape index (κ3) is 5.01. The lowest BCUT2D eigenvalue weighted by atomic mass is 10.0.